The standard InChI is InChI=1S/C22H26FN3O3/c1-15-4-10-19(22(28)29)21(25-15)26-12-2-3-17(14-26)13-24-20(27)11-7-16-5-8-18(23)9-6-16/h4-6,8-10,17H,2-3,7,11-14H2,1H3,(H,24,27)(H,28,29). The second kappa shape index (κ2) is 9.49. The second-order valence-corrected chi connectivity index (χ2v) is 7.51. The van der Waals surface area contributed by atoms with E-state index in [9.17, 15) is 19.1 Å². The Balaban J connectivity index is 1.52. The van der Waals surface area contributed by atoms with E-state index in [2.05, 4.69) is 10.3 Å². The van der Waals surface area contributed by atoms with Gasteiger partial charge in [-0.1, -0.05) is 12.1 Å². The number of aromatic nitrogens is 1. The zero-order valence-corrected chi connectivity index (χ0v) is 16.5. The van der Waals surface area contributed by atoms with Gasteiger partial charge in [-0.2, -0.15) is 0 Å². The van der Waals surface area contributed by atoms with Crippen molar-refractivity contribution in [3.05, 3.63) is 59.0 Å². The fourth-order valence-corrected chi connectivity index (χ4v) is 3.63. The molecule has 1 aliphatic heterocycles. The summed E-state index contributed by atoms with van der Waals surface area (Å²) >= 11 is 0. The Hall–Kier alpha value is -2.96. The molecule has 1 aromatic heterocycles. The molecule has 0 saturated carbocycles. The molecule has 1 amide bonds. The molecule has 1 unspecified atom stereocenters. The van der Waals surface area contributed by atoms with Gasteiger partial charge in [-0.25, -0.2) is 14.2 Å². The number of halogens is 1. The maximum atomic E-state index is 12.9. The molecule has 0 spiro atoms. The van der Waals surface area contributed by atoms with Crippen LogP contribution < -0.4 is 10.2 Å². The molecule has 7 heteroatoms. The first-order valence-corrected chi connectivity index (χ1v) is 9.89. The third-order valence-electron chi connectivity index (χ3n) is 5.21. The molecule has 0 bridgehead atoms. The number of carbonyl (C=O) groups is 2. The van der Waals surface area contributed by atoms with Crippen LogP contribution in [0, 0.1) is 18.7 Å². The minimum absolute atomic E-state index is 0.0358. The van der Waals surface area contributed by atoms with E-state index in [1.54, 1.807) is 24.3 Å². The maximum Gasteiger partial charge on any atom is 0.339 e. The number of rotatable bonds is 7. The molecule has 29 heavy (non-hydrogen) atoms. The van der Waals surface area contributed by atoms with Gasteiger partial charge in [0, 0.05) is 31.7 Å². The quantitative estimate of drug-likeness (QED) is 0.747. The molecule has 154 valence electrons. The number of carboxylic acid groups (broad SMARTS) is 1. The van der Waals surface area contributed by atoms with Crippen LogP contribution in [0.15, 0.2) is 36.4 Å². The lowest BCUT2D eigenvalue weighted by Crippen LogP contribution is -2.42. The molecule has 3 rings (SSSR count). The first kappa shape index (κ1) is 20.8. The van der Waals surface area contributed by atoms with E-state index < -0.39 is 5.97 Å². The molecule has 2 N–H and O–H groups in total. The fourth-order valence-electron chi connectivity index (χ4n) is 3.63. The molecule has 2 aromatic rings. The SMILES string of the molecule is Cc1ccc(C(=O)O)c(N2CCCC(CNC(=O)CCc3ccc(F)cc3)C2)n1. The molecule has 2 heterocycles. The van der Waals surface area contributed by atoms with Crippen molar-refractivity contribution in [2.45, 2.75) is 32.6 Å². The van der Waals surface area contributed by atoms with Crippen molar-refractivity contribution in [1.82, 2.24) is 10.3 Å². The van der Waals surface area contributed by atoms with E-state index in [0.717, 1.165) is 30.6 Å². The van der Waals surface area contributed by atoms with Gasteiger partial charge in [0.2, 0.25) is 5.91 Å². The van der Waals surface area contributed by atoms with Crippen LogP contribution in [0.2, 0.25) is 0 Å². The number of nitrogens with one attached hydrogen (secondary N) is 1. The molecule has 0 radical (unpaired) electrons. The Bertz CT molecular complexity index is 870. The van der Waals surface area contributed by atoms with E-state index in [1.165, 1.54) is 12.1 Å². The summed E-state index contributed by atoms with van der Waals surface area (Å²) in [7, 11) is 0. The van der Waals surface area contributed by atoms with Crippen LogP contribution in [0.3, 0.4) is 0 Å². The summed E-state index contributed by atoms with van der Waals surface area (Å²) in [5.41, 5.74) is 1.91. The summed E-state index contributed by atoms with van der Waals surface area (Å²) in [5.74, 6) is -0.559. The van der Waals surface area contributed by atoms with Crippen molar-refractivity contribution in [2.75, 3.05) is 24.5 Å². The number of aryl methyl sites for hydroxylation is 2. The van der Waals surface area contributed by atoms with Gasteiger partial charge in [-0.3, -0.25) is 4.79 Å². The summed E-state index contributed by atoms with van der Waals surface area (Å²) in [4.78, 5) is 30.2. The molecular weight excluding hydrogens is 373 g/mol. The minimum Gasteiger partial charge on any atom is -0.478 e. The van der Waals surface area contributed by atoms with Crippen LogP contribution in [-0.2, 0) is 11.2 Å². The van der Waals surface area contributed by atoms with Crippen molar-refractivity contribution in [1.29, 1.82) is 0 Å². The Morgan fingerprint density at radius 3 is 2.72 bits per heavy atom. The summed E-state index contributed by atoms with van der Waals surface area (Å²) < 4.78 is 12.9. The van der Waals surface area contributed by atoms with Crippen LogP contribution in [0.5, 0.6) is 0 Å². The second-order valence-electron chi connectivity index (χ2n) is 7.51. The van der Waals surface area contributed by atoms with Gasteiger partial charge in [0.05, 0.1) is 0 Å². The number of carbonyl (C=O) groups excluding carboxylic acids is 1. The average molecular weight is 399 g/mol. The topological polar surface area (TPSA) is 82.5 Å². The molecule has 1 aliphatic rings. The highest BCUT2D eigenvalue weighted by Crippen LogP contribution is 2.25. The highest BCUT2D eigenvalue weighted by Gasteiger charge is 2.25. The van der Waals surface area contributed by atoms with Crippen molar-refractivity contribution in [3.8, 4) is 0 Å². The number of hydrogen-bond donors (Lipinski definition) is 2. The third-order valence-corrected chi connectivity index (χ3v) is 5.21. The molecule has 0 aliphatic carbocycles. The van der Waals surface area contributed by atoms with E-state index in [0.29, 0.717) is 31.7 Å². The number of pyridine rings is 1. The largest absolute Gasteiger partial charge is 0.478 e. The molecule has 1 fully saturated rings. The molecule has 1 atom stereocenters. The van der Waals surface area contributed by atoms with Crippen molar-refractivity contribution >= 4 is 17.7 Å². The van der Waals surface area contributed by atoms with Gasteiger partial charge in [0.25, 0.3) is 0 Å². The van der Waals surface area contributed by atoms with Crippen molar-refractivity contribution in [3.63, 3.8) is 0 Å². The van der Waals surface area contributed by atoms with Crippen molar-refractivity contribution in [2.24, 2.45) is 5.92 Å². The average Bonchev–Trinajstić information content (AvgIpc) is 2.71. The van der Waals surface area contributed by atoms with E-state index in [1.807, 2.05) is 11.8 Å². The van der Waals surface area contributed by atoms with E-state index in [4.69, 9.17) is 0 Å². The van der Waals surface area contributed by atoms with Crippen LogP contribution in [0.25, 0.3) is 0 Å². The van der Waals surface area contributed by atoms with Gasteiger partial charge >= 0.3 is 5.97 Å². The number of piperidine rings is 1. The number of benzene rings is 1. The normalized spacial score (nSPS) is 16.5. The van der Waals surface area contributed by atoms with Crippen LogP contribution in [-0.4, -0.2) is 41.6 Å². The zero-order chi connectivity index (χ0) is 20.8. The number of aromatic carboxylic acids is 1. The predicted molar refractivity (Wildman–Crippen MR) is 109 cm³/mol. The highest BCUT2D eigenvalue weighted by molar-refractivity contribution is 5.93. The Morgan fingerprint density at radius 1 is 1.24 bits per heavy atom. The smallest absolute Gasteiger partial charge is 0.339 e. The first-order valence-electron chi connectivity index (χ1n) is 9.89. The Kier molecular flexibility index (Phi) is 6.80. The first-order chi connectivity index (χ1) is 13.9. The summed E-state index contributed by atoms with van der Waals surface area (Å²) in [6.07, 6.45) is 2.82. The van der Waals surface area contributed by atoms with E-state index in [-0.39, 0.29) is 23.2 Å². The molecule has 1 aromatic carbocycles. The fraction of sp³-hybridized carbons (Fsp3) is 0.409. The zero-order valence-electron chi connectivity index (χ0n) is 16.5. The Labute approximate surface area is 169 Å². The number of anilines is 1. The molecular formula is C22H26FN3O3. The van der Waals surface area contributed by atoms with E-state index >= 15 is 0 Å². The van der Waals surface area contributed by atoms with Crippen LogP contribution in [0.1, 0.15) is 40.9 Å². The van der Waals surface area contributed by atoms with Gasteiger partial charge in [-0.15, -0.1) is 0 Å². The van der Waals surface area contributed by atoms with Crippen LogP contribution >= 0.6 is 0 Å². The summed E-state index contributed by atoms with van der Waals surface area (Å²) in [6, 6.07) is 9.48. The Morgan fingerprint density at radius 2 is 2.00 bits per heavy atom. The summed E-state index contributed by atoms with van der Waals surface area (Å²) in [5, 5.41) is 12.4. The number of hydrogen-bond acceptors (Lipinski definition) is 4. The molecule has 1 saturated heterocycles. The van der Waals surface area contributed by atoms with Gasteiger partial charge in [0.1, 0.15) is 17.2 Å². The number of amides is 1. The minimum atomic E-state index is -0.983. The molecule has 6 nitrogen and oxygen atoms in total. The van der Waals surface area contributed by atoms with Crippen LogP contribution in [0.4, 0.5) is 10.2 Å². The van der Waals surface area contributed by atoms with Gasteiger partial charge in [0.15, 0.2) is 0 Å². The van der Waals surface area contributed by atoms with Gasteiger partial charge < -0.3 is 15.3 Å². The predicted octanol–water partition coefficient (Wildman–Crippen LogP) is 3.19. The summed E-state index contributed by atoms with van der Waals surface area (Å²) in [6.45, 7) is 3.81. The number of carboxylic acids is 1. The number of nitrogens with zero attached hydrogens (tertiary/aromatic N) is 2. The lowest BCUT2D eigenvalue weighted by atomic mass is 9.97. The lowest BCUT2D eigenvalue weighted by molar-refractivity contribution is -0.121. The third kappa shape index (κ3) is 5.76. The van der Waals surface area contributed by atoms with Gasteiger partial charge in [-0.05, 0) is 61.9 Å². The maximum absolute atomic E-state index is 12.9. The van der Waals surface area contributed by atoms with Crippen molar-refractivity contribution < 1.29 is 19.1 Å². The lowest BCUT2D eigenvalue weighted by Gasteiger charge is -2.34. The monoisotopic (exact) mass is 399 g/mol. The highest BCUT2D eigenvalue weighted by atomic mass is 19.1.